The Morgan fingerprint density at radius 3 is 1.29 bits per heavy atom. The van der Waals surface area contributed by atoms with Crippen molar-refractivity contribution < 1.29 is 9.90 Å². The molecule has 0 rings (SSSR count). The maximum atomic E-state index is 10.5. The van der Waals surface area contributed by atoms with E-state index in [4.69, 9.17) is 5.11 Å². The van der Waals surface area contributed by atoms with E-state index in [2.05, 4.69) is 58.9 Å². The number of rotatable bonds is 12. The SMILES string of the molecule is CC(C)=CCC/C(C)=C/CCC(C)=CCC/C(C)=C/CCC(=O)O. The molecule has 24 heavy (non-hydrogen) atoms. The predicted octanol–water partition coefficient (Wildman–Crippen LogP) is 7.00. The van der Waals surface area contributed by atoms with Crippen LogP contribution in [0.25, 0.3) is 0 Å². The van der Waals surface area contributed by atoms with Crippen molar-refractivity contribution in [3.63, 3.8) is 0 Å². The Bertz CT molecular complexity index is 486. The van der Waals surface area contributed by atoms with Crippen LogP contribution < -0.4 is 0 Å². The van der Waals surface area contributed by atoms with Gasteiger partial charge >= 0.3 is 5.97 Å². The molecule has 1 N–H and O–H groups in total. The third kappa shape index (κ3) is 15.3. The fourth-order valence-corrected chi connectivity index (χ4v) is 2.43. The minimum atomic E-state index is -0.723. The highest BCUT2D eigenvalue weighted by Crippen LogP contribution is 2.13. The highest BCUT2D eigenvalue weighted by atomic mass is 16.4. The van der Waals surface area contributed by atoms with Crippen molar-refractivity contribution in [1.82, 2.24) is 0 Å². The summed E-state index contributed by atoms with van der Waals surface area (Å²) >= 11 is 0. The lowest BCUT2D eigenvalue weighted by Gasteiger charge is -2.02. The van der Waals surface area contributed by atoms with Crippen LogP contribution in [-0.4, -0.2) is 11.1 Å². The van der Waals surface area contributed by atoms with Crippen LogP contribution in [-0.2, 0) is 4.79 Å². The molecular weight excluding hydrogens is 296 g/mol. The molecule has 0 saturated heterocycles. The number of aliphatic carboxylic acids is 1. The first-order chi connectivity index (χ1) is 11.3. The maximum Gasteiger partial charge on any atom is 0.303 e. The van der Waals surface area contributed by atoms with Gasteiger partial charge in [0.1, 0.15) is 0 Å². The summed E-state index contributed by atoms with van der Waals surface area (Å²) in [6.07, 6.45) is 16.5. The largest absolute Gasteiger partial charge is 0.481 e. The van der Waals surface area contributed by atoms with Crippen molar-refractivity contribution in [3.8, 4) is 0 Å². The van der Waals surface area contributed by atoms with E-state index < -0.39 is 5.97 Å². The Balaban J connectivity index is 3.98. The normalized spacial score (nSPS) is 13.1. The number of allylic oxidation sites excluding steroid dienone is 8. The lowest BCUT2D eigenvalue weighted by molar-refractivity contribution is -0.136. The average molecular weight is 333 g/mol. The Morgan fingerprint density at radius 1 is 0.625 bits per heavy atom. The molecule has 0 amide bonds. The monoisotopic (exact) mass is 332 g/mol. The molecule has 0 bridgehead atoms. The number of carboxylic acids is 1. The van der Waals surface area contributed by atoms with Crippen LogP contribution in [0.2, 0.25) is 0 Å². The molecule has 0 aromatic heterocycles. The van der Waals surface area contributed by atoms with Gasteiger partial charge in [-0.1, -0.05) is 46.6 Å². The molecule has 2 nitrogen and oxygen atoms in total. The van der Waals surface area contributed by atoms with E-state index in [9.17, 15) is 4.79 Å². The van der Waals surface area contributed by atoms with E-state index in [-0.39, 0.29) is 6.42 Å². The minimum Gasteiger partial charge on any atom is -0.481 e. The molecule has 0 aromatic carbocycles. The Labute approximate surface area is 149 Å². The average Bonchev–Trinajstić information content (AvgIpc) is 2.46. The molecule has 0 radical (unpaired) electrons. The Kier molecular flexibility index (Phi) is 12.9. The van der Waals surface area contributed by atoms with Crippen LogP contribution in [0.3, 0.4) is 0 Å². The lowest BCUT2D eigenvalue weighted by atomic mass is 10.0. The molecule has 0 spiro atoms. The third-order valence-electron chi connectivity index (χ3n) is 4.01. The molecule has 0 aromatic rings. The van der Waals surface area contributed by atoms with Crippen LogP contribution in [0.4, 0.5) is 0 Å². The zero-order chi connectivity index (χ0) is 18.4. The van der Waals surface area contributed by atoms with Crippen molar-refractivity contribution in [1.29, 1.82) is 0 Å². The number of carbonyl (C=O) groups is 1. The van der Waals surface area contributed by atoms with Gasteiger partial charge in [-0.2, -0.15) is 0 Å². The standard InChI is InChI=1S/C22H36O2/c1-18(2)10-6-11-19(3)12-7-13-20(4)14-8-15-21(5)16-9-17-22(23)24/h10,12,14,16H,6-9,11,13,15,17H2,1-5H3,(H,23,24)/b19-12+,20-14?,21-16+. The summed E-state index contributed by atoms with van der Waals surface area (Å²) in [5.74, 6) is -0.723. The zero-order valence-electron chi connectivity index (χ0n) is 16.3. The summed E-state index contributed by atoms with van der Waals surface area (Å²) in [6.45, 7) is 10.8. The summed E-state index contributed by atoms with van der Waals surface area (Å²) in [7, 11) is 0. The quantitative estimate of drug-likeness (QED) is 0.391. The smallest absolute Gasteiger partial charge is 0.303 e. The third-order valence-corrected chi connectivity index (χ3v) is 4.01. The van der Waals surface area contributed by atoms with Crippen LogP contribution in [0.15, 0.2) is 46.6 Å². The molecule has 0 unspecified atom stereocenters. The lowest BCUT2D eigenvalue weighted by Crippen LogP contribution is -1.92. The molecule has 0 saturated carbocycles. The van der Waals surface area contributed by atoms with Crippen LogP contribution >= 0.6 is 0 Å². The van der Waals surface area contributed by atoms with Gasteiger partial charge in [-0.3, -0.25) is 4.79 Å². The second kappa shape index (κ2) is 13.8. The van der Waals surface area contributed by atoms with Crippen LogP contribution in [0.1, 0.15) is 86.0 Å². The molecule has 0 aliphatic carbocycles. The summed E-state index contributed by atoms with van der Waals surface area (Å²) in [5, 5.41) is 8.62. The van der Waals surface area contributed by atoms with E-state index in [1.165, 1.54) is 22.3 Å². The second-order valence-corrected chi connectivity index (χ2v) is 6.98. The second-order valence-electron chi connectivity index (χ2n) is 6.98. The van der Waals surface area contributed by atoms with Crippen molar-refractivity contribution in [2.75, 3.05) is 0 Å². The number of hydrogen-bond donors (Lipinski definition) is 1. The molecule has 136 valence electrons. The van der Waals surface area contributed by atoms with Crippen molar-refractivity contribution in [2.45, 2.75) is 86.0 Å². The first-order valence-electron chi connectivity index (χ1n) is 9.13. The van der Waals surface area contributed by atoms with Crippen molar-refractivity contribution >= 4 is 5.97 Å². The van der Waals surface area contributed by atoms with E-state index in [1.807, 2.05) is 0 Å². The van der Waals surface area contributed by atoms with Gasteiger partial charge in [0.05, 0.1) is 0 Å². The van der Waals surface area contributed by atoms with Gasteiger partial charge in [-0.15, -0.1) is 0 Å². The Morgan fingerprint density at radius 2 is 0.958 bits per heavy atom. The van der Waals surface area contributed by atoms with Gasteiger partial charge in [-0.25, -0.2) is 0 Å². The van der Waals surface area contributed by atoms with Gasteiger partial charge < -0.3 is 5.11 Å². The molecular formula is C22H36O2. The van der Waals surface area contributed by atoms with E-state index >= 15 is 0 Å². The first kappa shape index (κ1) is 22.4. The van der Waals surface area contributed by atoms with E-state index in [0.29, 0.717) is 6.42 Å². The molecule has 0 aliphatic rings. The topological polar surface area (TPSA) is 37.3 Å². The summed E-state index contributed by atoms with van der Waals surface area (Å²) in [6, 6.07) is 0. The zero-order valence-corrected chi connectivity index (χ0v) is 16.3. The van der Waals surface area contributed by atoms with Gasteiger partial charge in [-0.05, 0) is 79.6 Å². The summed E-state index contributed by atoms with van der Waals surface area (Å²) in [5.41, 5.74) is 5.61. The minimum absolute atomic E-state index is 0.228. The molecule has 0 aliphatic heterocycles. The van der Waals surface area contributed by atoms with Crippen molar-refractivity contribution in [2.24, 2.45) is 0 Å². The molecule has 0 atom stereocenters. The highest BCUT2D eigenvalue weighted by molar-refractivity contribution is 5.66. The fourth-order valence-electron chi connectivity index (χ4n) is 2.43. The fraction of sp³-hybridized carbons (Fsp3) is 0.591. The van der Waals surface area contributed by atoms with Gasteiger partial charge in [0.25, 0.3) is 0 Å². The van der Waals surface area contributed by atoms with Gasteiger partial charge in [0.2, 0.25) is 0 Å². The predicted molar refractivity (Wildman–Crippen MR) is 105 cm³/mol. The van der Waals surface area contributed by atoms with E-state index in [0.717, 1.165) is 38.5 Å². The van der Waals surface area contributed by atoms with Crippen molar-refractivity contribution in [3.05, 3.63) is 46.6 Å². The molecule has 0 heterocycles. The highest BCUT2D eigenvalue weighted by Gasteiger charge is 1.95. The van der Waals surface area contributed by atoms with Crippen LogP contribution in [0.5, 0.6) is 0 Å². The van der Waals surface area contributed by atoms with E-state index in [1.54, 1.807) is 0 Å². The number of carboxylic acid groups (broad SMARTS) is 1. The first-order valence-corrected chi connectivity index (χ1v) is 9.13. The van der Waals surface area contributed by atoms with Crippen LogP contribution in [0, 0.1) is 0 Å². The van der Waals surface area contributed by atoms with Gasteiger partial charge in [0, 0.05) is 6.42 Å². The van der Waals surface area contributed by atoms with Gasteiger partial charge in [0.15, 0.2) is 0 Å². The Hall–Kier alpha value is -1.57. The number of hydrogen-bond acceptors (Lipinski definition) is 1. The molecule has 2 heteroatoms. The molecule has 0 fully saturated rings. The summed E-state index contributed by atoms with van der Waals surface area (Å²) in [4.78, 5) is 10.5. The maximum absolute atomic E-state index is 10.5. The summed E-state index contributed by atoms with van der Waals surface area (Å²) < 4.78 is 0.